The topological polar surface area (TPSA) is 106 Å². The Morgan fingerprint density at radius 3 is 1.48 bits per heavy atom. The zero-order valence-electron chi connectivity index (χ0n) is 29.8. The average molecular weight is 719 g/mol. The molecule has 0 bridgehead atoms. The van der Waals surface area contributed by atoms with Gasteiger partial charge in [-0.2, -0.15) is 0 Å². The normalized spacial score (nSPS) is 11.6. The summed E-state index contributed by atoms with van der Waals surface area (Å²) in [4.78, 5) is 42.9. The lowest BCUT2D eigenvalue weighted by molar-refractivity contribution is 0.0696. The number of nitrogens with zero attached hydrogens (tertiary/aromatic N) is 2. The molecule has 9 heteroatoms. The molecule has 1 aliphatic carbocycles. The Labute approximate surface area is 313 Å². The number of carboxylic acid groups (broad SMARTS) is 1. The molecule has 270 valence electrons. The van der Waals surface area contributed by atoms with Gasteiger partial charge in [-0.25, -0.2) is 9.59 Å². The summed E-state index contributed by atoms with van der Waals surface area (Å²) in [5.74, 6) is -0.0748. The molecule has 9 nitrogen and oxygen atoms in total. The van der Waals surface area contributed by atoms with Gasteiger partial charge < -0.3 is 24.2 Å². The summed E-state index contributed by atoms with van der Waals surface area (Å²) < 4.78 is 16.7. The van der Waals surface area contributed by atoms with Gasteiger partial charge in [-0.05, 0) is 106 Å². The number of amides is 2. The number of ether oxygens (including phenoxy) is 3. The maximum absolute atomic E-state index is 14.2. The summed E-state index contributed by atoms with van der Waals surface area (Å²) in [5, 5.41) is 9.44. The number of rotatable bonds is 12. The first kappa shape index (κ1) is 35.5. The average Bonchev–Trinajstić information content (AvgIpc) is 3.54. The first-order chi connectivity index (χ1) is 26.3. The van der Waals surface area contributed by atoms with Crippen LogP contribution >= 0.6 is 0 Å². The van der Waals surface area contributed by atoms with Gasteiger partial charge in [0.15, 0.2) is 0 Å². The van der Waals surface area contributed by atoms with Gasteiger partial charge in [-0.3, -0.25) is 9.69 Å². The molecule has 0 atom stereocenters. The van der Waals surface area contributed by atoms with Crippen molar-refractivity contribution in [1.29, 1.82) is 0 Å². The largest absolute Gasteiger partial charge is 0.497 e. The molecule has 0 radical (unpaired) electrons. The van der Waals surface area contributed by atoms with E-state index in [1.165, 1.54) is 12.1 Å². The van der Waals surface area contributed by atoms with Crippen molar-refractivity contribution >= 4 is 29.3 Å². The number of aromatic carboxylic acids is 1. The van der Waals surface area contributed by atoms with E-state index < -0.39 is 12.1 Å². The zero-order chi connectivity index (χ0) is 37.6. The minimum atomic E-state index is -1.05. The van der Waals surface area contributed by atoms with Crippen molar-refractivity contribution in [3.8, 4) is 22.6 Å². The predicted octanol–water partition coefficient (Wildman–Crippen LogP) is 9.20. The fraction of sp³-hybridized carbons (Fsp3) is 0.133. The molecule has 6 aromatic carbocycles. The smallest absolute Gasteiger partial charge is 0.414 e. The van der Waals surface area contributed by atoms with Crippen molar-refractivity contribution in [3.63, 3.8) is 0 Å². The van der Waals surface area contributed by atoms with E-state index in [2.05, 4.69) is 24.3 Å². The van der Waals surface area contributed by atoms with E-state index in [9.17, 15) is 19.5 Å². The molecule has 0 fully saturated rings. The second kappa shape index (κ2) is 15.8. The highest BCUT2D eigenvalue weighted by Crippen LogP contribution is 2.44. The Balaban J connectivity index is 1.16. The Kier molecular flexibility index (Phi) is 10.4. The van der Waals surface area contributed by atoms with Gasteiger partial charge in [0, 0.05) is 22.9 Å². The van der Waals surface area contributed by atoms with Crippen LogP contribution in [0.3, 0.4) is 0 Å². The lowest BCUT2D eigenvalue weighted by atomic mass is 9.98. The molecule has 0 aliphatic heterocycles. The molecule has 6 aromatic rings. The third-order valence-corrected chi connectivity index (χ3v) is 9.65. The second-order valence-electron chi connectivity index (χ2n) is 12.9. The van der Waals surface area contributed by atoms with E-state index in [0.717, 1.165) is 33.4 Å². The maximum Gasteiger partial charge on any atom is 0.414 e. The minimum absolute atomic E-state index is 0.106. The van der Waals surface area contributed by atoms with Crippen LogP contribution in [0.25, 0.3) is 11.1 Å². The Morgan fingerprint density at radius 1 is 0.556 bits per heavy atom. The van der Waals surface area contributed by atoms with Gasteiger partial charge in [-0.1, -0.05) is 72.8 Å². The summed E-state index contributed by atoms with van der Waals surface area (Å²) in [5.41, 5.74) is 7.81. The van der Waals surface area contributed by atoms with Crippen LogP contribution in [0.4, 0.5) is 16.2 Å². The molecule has 0 saturated carbocycles. The van der Waals surface area contributed by atoms with Crippen LogP contribution < -0.4 is 19.3 Å². The first-order valence-electron chi connectivity index (χ1n) is 17.5. The van der Waals surface area contributed by atoms with Crippen molar-refractivity contribution in [2.75, 3.05) is 30.6 Å². The van der Waals surface area contributed by atoms with Gasteiger partial charge in [-0.15, -0.1) is 0 Å². The summed E-state index contributed by atoms with van der Waals surface area (Å²) in [6.45, 7) is 0.595. The lowest BCUT2D eigenvalue weighted by Gasteiger charge is -2.25. The van der Waals surface area contributed by atoms with Gasteiger partial charge in [0.25, 0.3) is 5.91 Å². The van der Waals surface area contributed by atoms with Gasteiger partial charge in [0.05, 0.1) is 32.9 Å². The summed E-state index contributed by atoms with van der Waals surface area (Å²) in [7, 11) is 3.19. The van der Waals surface area contributed by atoms with E-state index in [-0.39, 0.29) is 37.1 Å². The minimum Gasteiger partial charge on any atom is -0.497 e. The van der Waals surface area contributed by atoms with Crippen molar-refractivity contribution in [1.82, 2.24) is 0 Å². The molecule has 54 heavy (non-hydrogen) atoms. The molecule has 7 rings (SSSR count). The SMILES string of the molecule is COc1ccc(CN(C(=O)OCC2c3ccccc3-c3ccccc32)c2ccc(C(=O)N(Cc3ccc(OC)cc3)c3ccc(C(=O)O)cc3)cc2)cc1. The van der Waals surface area contributed by atoms with Gasteiger partial charge in [0.1, 0.15) is 18.1 Å². The Hall–Kier alpha value is -6.87. The van der Waals surface area contributed by atoms with Crippen LogP contribution in [0.15, 0.2) is 146 Å². The highest BCUT2D eigenvalue weighted by molar-refractivity contribution is 6.06. The number of fused-ring (bicyclic) bond motifs is 3. The van der Waals surface area contributed by atoms with Crippen molar-refractivity contribution < 1.29 is 33.7 Å². The number of anilines is 2. The van der Waals surface area contributed by atoms with Crippen LogP contribution in [0, 0.1) is 0 Å². The number of carboxylic acids is 1. The fourth-order valence-electron chi connectivity index (χ4n) is 6.76. The van der Waals surface area contributed by atoms with Crippen LogP contribution in [0.1, 0.15) is 48.9 Å². The Morgan fingerprint density at radius 2 is 1.00 bits per heavy atom. The fourth-order valence-corrected chi connectivity index (χ4v) is 6.76. The molecule has 0 heterocycles. The number of benzene rings is 6. The number of carbonyl (C=O) groups is 3. The van der Waals surface area contributed by atoms with Gasteiger partial charge >= 0.3 is 12.1 Å². The summed E-state index contributed by atoms with van der Waals surface area (Å²) in [6.07, 6.45) is -0.522. The molecule has 0 aromatic heterocycles. The quantitative estimate of drug-likeness (QED) is 0.135. The van der Waals surface area contributed by atoms with Crippen molar-refractivity contribution in [3.05, 3.63) is 179 Å². The van der Waals surface area contributed by atoms with Gasteiger partial charge in [0.2, 0.25) is 0 Å². The second-order valence-corrected chi connectivity index (χ2v) is 12.9. The van der Waals surface area contributed by atoms with E-state index in [1.807, 2.05) is 72.8 Å². The van der Waals surface area contributed by atoms with Crippen molar-refractivity contribution in [2.24, 2.45) is 0 Å². The van der Waals surface area contributed by atoms with Crippen LogP contribution in [0.2, 0.25) is 0 Å². The summed E-state index contributed by atoms with van der Waals surface area (Å²) >= 11 is 0. The monoisotopic (exact) mass is 718 g/mol. The third kappa shape index (κ3) is 7.52. The highest BCUT2D eigenvalue weighted by Gasteiger charge is 2.30. The van der Waals surface area contributed by atoms with E-state index in [1.54, 1.807) is 60.4 Å². The molecule has 0 spiro atoms. The van der Waals surface area contributed by atoms with E-state index in [4.69, 9.17) is 14.2 Å². The van der Waals surface area contributed by atoms with E-state index in [0.29, 0.717) is 28.4 Å². The van der Waals surface area contributed by atoms with Crippen LogP contribution in [-0.4, -0.2) is 43.9 Å². The third-order valence-electron chi connectivity index (χ3n) is 9.65. The zero-order valence-corrected chi connectivity index (χ0v) is 29.8. The molecular formula is C45H38N2O7. The molecular weight excluding hydrogens is 681 g/mol. The number of hydrogen-bond donors (Lipinski definition) is 1. The van der Waals surface area contributed by atoms with Crippen LogP contribution in [-0.2, 0) is 17.8 Å². The molecule has 1 aliphatic rings. The molecule has 2 amide bonds. The molecule has 1 N–H and O–H groups in total. The standard InChI is InChI=1S/C45H38N2O7/c1-52-36-23-11-30(12-24-36)27-46(34-21-17-33(18-22-34)44(49)50)43(48)32-15-19-35(20-16-32)47(28-31-13-25-37(53-2)26-14-31)45(51)54-29-42-40-9-5-3-7-38(40)39-8-4-6-10-41(39)42/h3-26,42H,27-29H2,1-2H3,(H,49,50). The predicted molar refractivity (Wildman–Crippen MR) is 208 cm³/mol. The molecule has 0 unspecified atom stereocenters. The lowest BCUT2D eigenvalue weighted by Crippen LogP contribution is -2.32. The first-order valence-corrected chi connectivity index (χ1v) is 17.5. The number of carbonyl (C=O) groups excluding carboxylic acids is 2. The van der Waals surface area contributed by atoms with Crippen molar-refractivity contribution in [2.45, 2.75) is 19.0 Å². The van der Waals surface area contributed by atoms with E-state index >= 15 is 0 Å². The van der Waals surface area contributed by atoms with Crippen LogP contribution in [0.5, 0.6) is 11.5 Å². The molecule has 0 saturated heterocycles. The Bertz CT molecular complexity index is 2220. The highest BCUT2D eigenvalue weighted by atomic mass is 16.6. The number of hydrogen-bond acceptors (Lipinski definition) is 6. The summed E-state index contributed by atoms with van der Waals surface area (Å²) in [6, 6.07) is 44.3. The number of methoxy groups -OCH3 is 2. The maximum atomic E-state index is 14.2.